The van der Waals surface area contributed by atoms with Crippen molar-refractivity contribution in [3.8, 4) is 5.75 Å². The Morgan fingerprint density at radius 2 is 2.00 bits per heavy atom. The van der Waals surface area contributed by atoms with Crippen LogP contribution in [0.4, 0.5) is 5.95 Å². The van der Waals surface area contributed by atoms with Gasteiger partial charge in [-0.1, -0.05) is 19.1 Å². The number of ether oxygens (including phenoxy) is 1. The average Bonchev–Trinajstić information content (AvgIpc) is 2.51. The topological polar surface area (TPSA) is 81.3 Å². The number of aromatic nitrogens is 2. The van der Waals surface area contributed by atoms with Crippen LogP contribution < -0.4 is 10.5 Å². The number of amides is 1. The van der Waals surface area contributed by atoms with Crippen molar-refractivity contribution in [2.75, 3.05) is 19.8 Å². The number of hydrogen-bond acceptors (Lipinski definition) is 5. The summed E-state index contributed by atoms with van der Waals surface area (Å²) in [4.78, 5) is 22.5. The Morgan fingerprint density at radius 3 is 2.58 bits per heavy atom. The van der Waals surface area contributed by atoms with E-state index in [0.717, 1.165) is 11.3 Å². The zero-order valence-electron chi connectivity index (χ0n) is 14.8. The molecule has 0 radical (unpaired) electrons. The molecule has 1 unspecified atom stereocenters. The molecular formula is C18H24N4O2. The smallest absolute Gasteiger partial charge is 0.257 e. The summed E-state index contributed by atoms with van der Waals surface area (Å²) in [6, 6.07) is 7.78. The largest absolute Gasteiger partial charge is 0.484 e. The Balaban J connectivity index is 2.49. The Morgan fingerprint density at radius 1 is 1.29 bits per heavy atom. The molecule has 1 aromatic heterocycles. The van der Waals surface area contributed by atoms with Crippen molar-refractivity contribution >= 4 is 11.9 Å². The third kappa shape index (κ3) is 3.82. The summed E-state index contributed by atoms with van der Waals surface area (Å²) in [5.74, 6) is 0.720. The molecule has 128 valence electrons. The molecule has 1 heterocycles. The predicted octanol–water partition coefficient (Wildman–Crippen LogP) is 2.91. The van der Waals surface area contributed by atoms with Crippen molar-refractivity contribution in [2.24, 2.45) is 0 Å². The van der Waals surface area contributed by atoms with E-state index >= 15 is 0 Å². The highest BCUT2D eigenvalue weighted by atomic mass is 16.5. The van der Waals surface area contributed by atoms with Gasteiger partial charge in [-0.2, -0.15) is 0 Å². The van der Waals surface area contributed by atoms with Crippen molar-refractivity contribution in [2.45, 2.75) is 33.3 Å². The molecule has 2 rings (SSSR count). The number of carbonyl (C=O) groups excluding carboxylic acids is 1. The van der Waals surface area contributed by atoms with Crippen LogP contribution in [0, 0.1) is 13.8 Å². The standard InChI is InChI=1S/C18H24N4O2/c1-6-14(24-13-9-7-8-11(2)10-13)16-15(17(23)22(4)5)12(3)20-18(19)21-16/h7-10,14H,6H2,1-5H3,(H2,19,20,21). The highest BCUT2D eigenvalue weighted by molar-refractivity contribution is 5.96. The summed E-state index contributed by atoms with van der Waals surface area (Å²) in [5, 5.41) is 0. The number of nitrogen functional groups attached to an aromatic ring is 1. The van der Waals surface area contributed by atoms with Gasteiger partial charge in [-0.3, -0.25) is 4.79 Å². The van der Waals surface area contributed by atoms with E-state index in [1.807, 2.05) is 38.1 Å². The van der Waals surface area contributed by atoms with E-state index in [2.05, 4.69) is 9.97 Å². The maximum absolute atomic E-state index is 12.6. The molecule has 0 spiro atoms. The first kappa shape index (κ1) is 17.7. The number of aryl methyl sites for hydroxylation is 2. The summed E-state index contributed by atoms with van der Waals surface area (Å²) in [5.41, 5.74) is 8.45. The van der Waals surface area contributed by atoms with Crippen LogP contribution >= 0.6 is 0 Å². The minimum atomic E-state index is -0.380. The van der Waals surface area contributed by atoms with Crippen molar-refractivity contribution in [3.63, 3.8) is 0 Å². The maximum Gasteiger partial charge on any atom is 0.257 e. The summed E-state index contributed by atoms with van der Waals surface area (Å²) in [6.45, 7) is 5.75. The normalized spacial score (nSPS) is 11.9. The van der Waals surface area contributed by atoms with Crippen LogP contribution in [0.25, 0.3) is 0 Å². The van der Waals surface area contributed by atoms with Crippen LogP contribution in [-0.2, 0) is 0 Å². The number of benzene rings is 1. The third-order valence-corrected chi connectivity index (χ3v) is 3.70. The van der Waals surface area contributed by atoms with Crippen molar-refractivity contribution in [1.29, 1.82) is 0 Å². The van der Waals surface area contributed by atoms with Gasteiger partial charge in [0.2, 0.25) is 5.95 Å². The fourth-order valence-electron chi connectivity index (χ4n) is 2.52. The van der Waals surface area contributed by atoms with Gasteiger partial charge in [0.05, 0.1) is 17.0 Å². The van der Waals surface area contributed by atoms with E-state index in [9.17, 15) is 4.79 Å². The van der Waals surface area contributed by atoms with Crippen molar-refractivity contribution < 1.29 is 9.53 Å². The molecule has 1 atom stereocenters. The molecular weight excluding hydrogens is 304 g/mol. The van der Waals surface area contributed by atoms with E-state index < -0.39 is 0 Å². The van der Waals surface area contributed by atoms with Crippen LogP contribution in [0.5, 0.6) is 5.75 Å². The zero-order chi connectivity index (χ0) is 17.9. The Bertz CT molecular complexity index is 744. The molecule has 0 aliphatic carbocycles. The number of nitrogens with zero attached hydrogens (tertiary/aromatic N) is 3. The number of rotatable bonds is 5. The highest BCUT2D eigenvalue weighted by Gasteiger charge is 2.26. The second-order valence-electron chi connectivity index (χ2n) is 5.96. The quantitative estimate of drug-likeness (QED) is 0.912. The molecule has 0 bridgehead atoms. The van der Waals surface area contributed by atoms with Gasteiger partial charge in [-0.15, -0.1) is 0 Å². The van der Waals surface area contributed by atoms with Crippen molar-refractivity contribution in [1.82, 2.24) is 14.9 Å². The first-order chi connectivity index (χ1) is 11.3. The van der Waals surface area contributed by atoms with Gasteiger partial charge in [0.15, 0.2) is 0 Å². The van der Waals surface area contributed by atoms with Gasteiger partial charge < -0.3 is 15.4 Å². The average molecular weight is 328 g/mol. The van der Waals surface area contributed by atoms with Gasteiger partial charge in [-0.25, -0.2) is 9.97 Å². The van der Waals surface area contributed by atoms with E-state index in [1.165, 1.54) is 4.90 Å². The van der Waals surface area contributed by atoms with Crippen LogP contribution in [0.2, 0.25) is 0 Å². The zero-order valence-corrected chi connectivity index (χ0v) is 14.8. The fraction of sp³-hybridized carbons (Fsp3) is 0.389. The minimum Gasteiger partial charge on any atom is -0.484 e. The van der Waals surface area contributed by atoms with Gasteiger partial charge >= 0.3 is 0 Å². The molecule has 6 heteroatoms. The first-order valence-corrected chi connectivity index (χ1v) is 7.92. The molecule has 6 nitrogen and oxygen atoms in total. The van der Waals surface area contributed by atoms with Gasteiger partial charge in [0.25, 0.3) is 5.91 Å². The summed E-state index contributed by atoms with van der Waals surface area (Å²) >= 11 is 0. The molecule has 0 aliphatic rings. The van der Waals surface area contributed by atoms with Crippen LogP contribution in [-0.4, -0.2) is 34.9 Å². The number of anilines is 1. The lowest BCUT2D eigenvalue weighted by Crippen LogP contribution is -2.27. The van der Waals surface area contributed by atoms with Gasteiger partial charge in [-0.05, 0) is 38.0 Å². The number of nitrogens with two attached hydrogens (primary N) is 1. The molecule has 1 amide bonds. The van der Waals surface area contributed by atoms with E-state index in [4.69, 9.17) is 10.5 Å². The first-order valence-electron chi connectivity index (χ1n) is 7.92. The van der Waals surface area contributed by atoms with E-state index in [-0.39, 0.29) is 18.0 Å². The molecule has 0 saturated heterocycles. The molecule has 1 aromatic carbocycles. The summed E-state index contributed by atoms with van der Waals surface area (Å²) in [7, 11) is 3.40. The molecule has 2 aromatic rings. The second kappa shape index (κ2) is 7.29. The van der Waals surface area contributed by atoms with E-state index in [1.54, 1.807) is 21.0 Å². The minimum absolute atomic E-state index is 0.143. The van der Waals surface area contributed by atoms with Crippen LogP contribution in [0.15, 0.2) is 24.3 Å². The molecule has 0 saturated carbocycles. The Kier molecular flexibility index (Phi) is 5.39. The SMILES string of the molecule is CCC(Oc1cccc(C)c1)c1nc(N)nc(C)c1C(=O)N(C)C. The third-order valence-electron chi connectivity index (χ3n) is 3.70. The lowest BCUT2D eigenvalue weighted by molar-refractivity contribution is 0.0819. The Labute approximate surface area is 142 Å². The lowest BCUT2D eigenvalue weighted by atomic mass is 10.0. The number of hydrogen-bond donors (Lipinski definition) is 1. The monoisotopic (exact) mass is 328 g/mol. The van der Waals surface area contributed by atoms with Crippen LogP contribution in [0.1, 0.15) is 46.8 Å². The second-order valence-corrected chi connectivity index (χ2v) is 5.96. The molecule has 0 fully saturated rings. The predicted molar refractivity (Wildman–Crippen MR) is 94.0 cm³/mol. The van der Waals surface area contributed by atoms with Gasteiger partial charge in [0.1, 0.15) is 11.9 Å². The highest BCUT2D eigenvalue weighted by Crippen LogP contribution is 2.28. The fourth-order valence-corrected chi connectivity index (χ4v) is 2.52. The van der Waals surface area contributed by atoms with E-state index in [0.29, 0.717) is 23.4 Å². The Hall–Kier alpha value is -2.63. The van der Waals surface area contributed by atoms with Crippen LogP contribution in [0.3, 0.4) is 0 Å². The summed E-state index contributed by atoms with van der Waals surface area (Å²) < 4.78 is 6.09. The maximum atomic E-state index is 12.6. The molecule has 2 N–H and O–H groups in total. The lowest BCUT2D eigenvalue weighted by Gasteiger charge is -2.22. The van der Waals surface area contributed by atoms with Crippen molar-refractivity contribution in [3.05, 3.63) is 46.8 Å². The number of carbonyl (C=O) groups is 1. The van der Waals surface area contributed by atoms with Gasteiger partial charge in [0, 0.05) is 14.1 Å². The summed E-state index contributed by atoms with van der Waals surface area (Å²) in [6.07, 6.45) is 0.270. The molecule has 24 heavy (non-hydrogen) atoms. The molecule has 0 aliphatic heterocycles.